The molecular formula is C11H13N5O2. The van der Waals surface area contributed by atoms with Crippen LogP contribution in [0.1, 0.15) is 16.3 Å². The van der Waals surface area contributed by atoms with Crippen LogP contribution in [0.4, 0.5) is 0 Å². The monoisotopic (exact) mass is 247 g/mol. The zero-order valence-corrected chi connectivity index (χ0v) is 9.88. The summed E-state index contributed by atoms with van der Waals surface area (Å²) in [5, 5.41) is 2.69. The second-order valence-corrected chi connectivity index (χ2v) is 3.72. The summed E-state index contributed by atoms with van der Waals surface area (Å²) in [6.07, 6.45) is 4.75. The SMILES string of the molecule is Cc1nccn1CCNC(=O)c1cc(=O)[nH]cn1. The molecule has 1 amide bonds. The molecule has 18 heavy (non-hydrogen) atoms. The maximum absolute atomic E-state index is 11.7. The van der Waals surface area contributed by atoms with Crippen LogP contribution in [0.3, 0.4) is 0 Å². The second-order valence-electron chi connectivity index (χ2n) is 3.72. The third-order valence-electron chi connectivity index (χ3n) is 2.47. The van der Waals surface area contributed by atoms with Crippen LogP contribution >= 0.6 is 0 Å². The molecule has 0 spiro atoms. The van der Waals surface area contributed by atoms with E-state index in [-0.39, 0.29) is 17.2 Å². The number of aromatic amines is 1. The number of hydrogen-bond donors (Lipinski definition) is 2. The molecule has 0 saturated carbocycles. The number of imidazole rings is 1. The van der Waals surface area contributed by atoms with Gasteiger partial charge in [0.25, 0.3) is 11.5 Å². The van der Waals surface area contributed by atoms with E-state index in [1.165, 1.54) is 6.33 Å². The number of carbonyl (C=O) groups excluding carboxylic acids is 1. The molecule has 2 rings (SSSR count). The Balaban J connectivity index is 1.89. The third-order valence-corrected chi connectivity index (χ3v) is 2.47. The lowest BCUT2D eigenvalue weighted by molar-refractivity contribution is 0.0947. The van der Waals surface area contributed by atoms with Crippen LogP contribution in [0.5, 0.6) is 0 Å². The summed E-state index contributed by atoms with van der Waals surface area (Å²) in [6, 6.07) is 1.16. The molecule has 94 valence electrons. The van der Waals surface area contributed by atoms with Crippen molar-refractivity contribution in [1.82, 2.24) is 24.8 Å². The zero-order valence-electron chi connectivity index (χ0n) is 9.88. The molecule has 2 heterocycles. The van der Waals surface area contributed by atoms with Crippen LogP contribution in [-0.2, 0) is 6.54 Å². The van der Waals surface area contributed by atoms with Gasteiger partial charge in [-0.25, -0.2) is 9.97 Å². The molecule has 7 heteroatoms. The predicted octanol–water partition coefficient (Wildman–Crippen LogP) is -0.295. The molecule has 0 atom stereocenters. The van der Waals surface area contributed by atoms with Gasteiger partial charge in [-0.2, -0.15) is 0 Å². The van der Waals surface area contributed by atoms with Gasteiger partial charge in [0.15, 0.2) is 0 Å². The smallest absolute Gasteiger partial charge is 0.270 e. The molecule has 2 aromatic rings. The average molecular weight is 247 g/mol. The number of carbonyl (C=O) groups is 1. The first-order valence-electron chi connectivity index (χ1n) is 5.47. The Labute approximate surface area is 103 Å². The van der Waals surface area contributed by atoms with Gasteiger partial charge < -0.3 is 14.9 Å². The highest BCUT2D eigenvalue weighted by molar-refractivity contribution is 5.91. The zero-order chi connectivity index (χ0) is 13.0. The fraction of sp³-hybridized carbons (Fsp3) is 0.273. The molecule has 0 fully saturated rings. The summed E-state index contributed by atoms with van der Waals surface area (Å²) < 4.78 is 1.92. The number of rotatable bonds is 4. The number of hydrogen-bond acceptors (Lipinski definition) is 4. The Morgan fingerprint density at radius 2 is 2.33 bits per heavy atom. The number of aromatic nitrogens is 4. The molecule has 0 aliphatic heterocycles. The minimum absolute atomic E-state index is 0.112. The quantitative estimate of drug-likeness (QED) is 0.776. The first-order valence-corrected chi connectivity index (χ1v) is 5.47. The average Bonchev–Trinajstić information content (AvgIpc) is 2.75. The highest BCUT2D eigenvalue weighted by Gasteiger charge is 2.06. The van der Waals surface area contributed by atoms with Crippen LogP contribution in [0.15, 0.2) is 29.6 Å². The van der Waals surface area contributed by atoms with E-state index in [1.54, 1.807) is 6.20 Å². The first kappa shape index (κ1) is 12.0. The summed E-state index contributed by atoms with van der Waals surface area (Å²) in [5.74, 6) is 0.525. The lowest BCUT2D eigenvalue weighted by atomic mass is 10.4. The van der Waals surface area contributed by atoms with Gasteiger partial charge in [0, 0.05) is 31.5 Å². The van der Waals surface area contributed by atoms with E-state index in [9.17, 15) is 9.59 Å². The molecule has 0 radical (unpaired) electrons. The predicted molar refractivity (Wildman–Crippen MR) is 64.2 cm³/mol. The summed E-state index contributed by atoms with van der Waals surface area (Å²) in [7, 11) is 0. The number of nitrogens with one attached hydrogen (secondary N) is 2. The van der Waals surface area contributed by atoms with E-state index in [4.69, 9.17) is 0 Å². The van der Waals surface area contributed by atoms with E-state index in [2.05, 4.69) is 20.3 Å². The van der Waals surface area contributed by atoms with Crippen LogP contribution < -0.4 is 10.9 Å². The van der Waals surface area contributed by atoms with Gasteiger partial charge >= 0.3 is 0 Å². The van der Waals surface area contributed by atoms with E-state index in [1.807, 2.05) is 17.7 Å². The molecule has 0 aliphatic carbocycles. The van der Waals surface area contributed by atoms with E-state index >= 15 is 0 Å². The first-order chi connectivity index (χ1) is 8.66. The van der Waals surface area contributed by atoms with Gasteiger partial charge in [0.1, 0.15) is 11.5 Å². The number of H-pyrrole nitrogens is 1. The van der Waals surface area contributed by atoms with Crippen molar-refractivity contribution >= 4 is 5.91 Å². The topological polar surface area (TPSA) is 92.7 Å². The highest BCUT2D eigenvalue weighted by atomic mass is 16.2. The number of aryl methyl sites for hydroxylation is 1. The molecule has 0 saturated heterocycles. The minimum Gasteiger partial charge on any atom is -0.349 e. The normalized spacial score (nSPS) is 10.3. The maximum Gasteiger partial charge on any atom is 0.270 e. The minimum atomic E-state index is -0.362. The Kier molecular flexibility index (Phi) is 3.52. The lowest BCUT2D eigenvalue weighted by Gasteiger charge is -2.06. The van der Waals surface area contributed by atoms with Crippen molar-refractivity contribution in [2.45, 2.75) is 13.5 Å². The molecule has 2 aromatic heterocycles. The Bertz CT molecular complexity index is 601. The summed E-state index contributed by atoms with van der Waals surface area (Å²) in [4.78, 5) is 32.9. The Hall–Kier alpha value is -2.44. The summed E-state index contributed by atoms with van der Waals surface area (Å²) in [6.45, 7) is 2.96. The van der Waals surface area contributed by atoms with Crippen molar-refractivity contribution < 1.29 is 4.79 Å². The largest absolute Gasteiger partial charge is 0.349 e. The molecule has 0 unspecified atom stereocenters. The summed E-state index contributed by atoms with van der Waals surface area (Å²) in [5.41, 5.74) is -0.235. The van der Waals surface area contributed by atoms with Crippen LogP contribution in [-0.4, -0.2) is 32.0 Å². The molecule has 0 bridgehead atoms. The van der Waals surface area contributed by atoms with Crippen molar-refractivity contribution in [2.24, 2.45) is 0 Å². The Morgan fingerprint density at radius 3 is 3.00 bits per heavy atom. The molecule has 2 N–H and O–H groups in total. The van der Waals surface area contributed by atoms with Gasteiger partial charge in [0.05, 0.1) is 6.33 Å². The van der Waals surface area contributed by atoms with Crippen LogP contribution in [0.2, 0.25) is 0 Å². The van der Waals surface area contributed by atoms with Crippen molar-refractivity contribution in [3.63, 3.8) is 0 Å². The standard InChI is InChI=1S/C11H13N5O2/c1-8-12-2-4-16(8)5-3-13-11(18)9-6-10(17)15-7-14-9/h2,4,6-7H,3,5H2,1H3,(H,13,18)(H,14,15,17). The number of amides is 1. The van der Waals surface area contributed by atoms with Gasteiger partial charge in [-0.15, -0.1) is 0 Å². The number of nitrogens with zero attached hydrogens (tertiary/aromatic N) is 3. The van der Waals surface area contributed by atoms with Crippen LogP contribution in [0.25, 0.3) is 0 Å². The van der Waals surface area contributed by atoms with Gasteiger partial charge in [0.2, 0.25) is 0 Å². The fourth-order valence-electron chi connectivity index (χ4n) is 1.51. The maximum atomic E-state index is 11.7. The van der Waals surface area contributed by atoms with Crippen molar-refractivity contribution in [3.8, 4) is 0 Å². The molecule has 0 aromatic carbocycles. The van der Waals surface area contributed by atoms with Crippen molar-refractivity contribution in [1.29, 1.82) is 0 Å². The third kappa shape index (κ3) is 2.82. The second kappa shape index (κ2) is 5.26. The lowest BCUT2D eigenvalue weighted by Crippen LogP contribution is -2.29. The van der Waals surface area contributed by atoms with E-state index < -0.39 is 0 Å². The van der Waals surface area contributed by atoms with Gasteiger partial charge in [-0.1, -0.05) is 0 Å². The fourth-order valence-corrected chi connectivity index (χ4v) is 1.51. The molecule has 7 nitrogen and oxygen atoms in total. The highest BCUT2D eigenvalue weighted by Crippen LogP contribution is 1.94. The van der Waals surface area contributed by atoms with Crippen molar-refractivity contribution in [2.75, 3.05) is 6.54 Å². The van der Waals surface area contributed by atoms with Gasteiger partial charge in [-0.05, 0) is 6.92 Å². The van der Waals surface area contributed by atoms with Crippen molar-refractivity contribution in [3.05, 3.63) is 46.7 Å². The Morgan fingerprint density at radius 1 is 1.50 bits per heavy atom. The molecule has 0 aliphatic rings. The van der Waals surface area contributed by atoms with Gasteiger partial charge in [-0.3, -0.25) is 9.59 Å². The molecular weight excluding hydrogens is 234 g/mol. The van der Waals surface area contributed by atoms with E-state index in [0.29, 0.717) is 13.1 Å². The van der Waals surface area contributed by atoms with E-state index in [0.717, 1.165) is 11.9 Å². The summed E-state index contributed by atoms with van der Waals surface area (Å²) >= 11 is 0. The van der Waals surface area contributed by atoms with Crippen LogP contribution in [0, 0.1) is 6.92 Å².